The summed E-state index contributed by atoms with van der Waals surface area (Å²) in [6.45, 7) is 0.810. The Kier molecular flexibility index (Phi) is 5.59. The fourth-order valence-corrected chi connectivity index (χ4v) is 3.48. The predicted octanol–water partition coefficient (Wildman–Crippen LogP) is -0.0644. The SMILES string of the molecule is C#CCNS(=O)(=O)c1ccc(C(=O)N2CCC(C(N)=O)CC2)cc1. The van der Waals surface area contributed by atoms with Gasteiger partial charge in [0.1, 0.15) is 0 Å². The minimum atomic E-state index is -3.68. The molecule has 2 rings (SSSR count). The van der Waals surface area contributed by atoms with Gasteiger partial charge in [-0.1, -0.05) is 5.92 Å². The lowest BCUT2D eigenvalue weighted by Crippen LogP contribution is -2.41. The van der Waals surface area contributed by atoms with Gasteiger partial charge in [0.2, 0.25) is 15.9 Å². The lowest BCUT2D eigenvalue weighted by molar-refractivity contribution is -0.123. The molecule has 0 bridgehead atoms. The van der Waals surface area contributed by atoms with Crippen LogP contribution in [0.15, 0.2) is 29.2 Å². The summed E-state index contributed by atoms with van der Waals surface area (Å²) in [6, 6.07) is 5.66. The third-order valence-electron chi connectivity index (χ3n) is 3.96. The van der Waals surface area contributed by atoms with Gasteiger partial charge in [-0.3, -0.25) is 9.59 Å². The molecule has 1 aliphatic heterocycles. The van der Waals surface area contributed by atoms with E-state index in [4.69, 9.17) is 12.2 Å². The van der Waals surface area contributed by atoms with E-state index >= 15 is 0 Å². The van der Waals surface area contributed by atoms with Crippen LogP contribution in [0.4, 0.5) is 0 Å². The second kappa shape index (κ2) is 7.47. The number of terminal acetylenes is 1. The van der Waals surface area contributed by atoms with E-state index in [-0.39, 0.29) is 29.2 Å². The number of amides is 2. The highest BCUT2D eigenvalue weighted by atomic mass is 32.2. The van der Waals surface area contributed by atoms with Gasteiger partial charge in [0.15, 0.2) is 0 Å². The smallest absolute Gasteiger partial charge is 0.253 e. The van der Waals surface area contributed by atoms with Crippen LogP contribution in [0.5, 0.6) is 0 Å². The number of benzene rings is 1. The van der Waals surface area contributed by atoms with Crippen LogP contribution in [-0.4, -0.2) is 44.8 Å². The molecule has 1 fully saturated rings. The van der Waals surface area contributed by atoms with E-state index in [1.807, 2.05) is 0 Å². The Morgan fingerprint density at radius 3 is 2.33 bits per heavy atom. The maximum absolute atomic E-state index is 12.4. The first kappa shape index (κ1) is 18.0. The van der Waals surface area contributed by atoms with Gasteiger partial charge < -0.3 is 10.6 Å². The van der Waals surface area contributed by atoms with Crippen LogP contribution in [0.25, 0.3) is 0 Å². The third kappa shape index (κ3) is 4.13. The van der Waals surface area contributed by atoms with Crippen molar-refractivity contribution >= 4 is 21.8 Å². The average molecular weight is 349 g/mol. The van der Waals surface area contributed by atoms with Crippen LogP contribution in [0.2, 0.25) is 0 Å². The molecule has 1 aliphatic rings. The Morgan fingerprint density at radius 2 is 1.83 bits per heavy atom. The van der Waals surface area contributed by atoms with Crippen molar-refractivity contribution < 1.29 is 18.0 Å². The number of carbonyl (C=O) groups is 2. The number of nitrogens with zero attached hydrogens (tertiary/aromatic N) is 1. The molecule has 1 saturated heterocycles. The van der Waals surface area contributed by atoms with Crippen molar-refractivity contribution in [1.82, 2.24) is 9.62 Å². The first-order valence-electron chi connectivity index (χ1n) is 7.47. The van der Waals surface area contributed by atoms with Crippen molar-refractivity contribution in [1.29, 1.82) is 0 Å². The number of hydrogen-bond acceptors (Lipinski definition) is 4. The number of rotatable bonds is 5. The second-order valence-electron chi connectivity index (χ2n) is 5.52. The molecule has 0 atom stereocenters. The molecule has 3 N–H and O–H groups in total. The summed E-state index contributed by atoms with van der Waals surface area (Å²) in [6.07, 6.45) is 6.12. The number of piperidine rings is 1. The van der Waals surface area contributed by atoms with Gasteiger partial charge in [-0.25, -0.2) is 8.42 Å². The van der Waals surface area contributed by atoms with E-state index in [0.717, 1.165) is 0 Å². The number of sulfonamides is 1. The Labute approximate surface area is 141 Å². The first-order valence-corrected chi connectivity index (χ1v) is 8.95. The van der Waals surface area contributed by atoms with E-state index < -0.39 is 10.0 Å². The zero-order valence-corrected chi connectivity index (χ0v) is 13.9. The van der Waals surface area contributed by atoms with Crippen molar-refractivity contribution in [2.45, 2.75) is 17.7 Å². The quantitative estimate of drug-likeness (QED) is 0.725. The Bertz CT molecular complexity index is 758. The molecule has 1 aromatic carbocycles. The maximum atomic E-state index is 12.4. The van der Waals surface area contributed by atoms with Crippen LogP contribution in [0, 0.1) is 18.3 Å². The maximum Gasteiger partial charge on any atom is 0.253 e. The molecule has 24 heavy (non-hydrogen) atoms. The highest BCUT2D eigenvalue weighted by molar-refractivity contribution is 7.89. The normalized spacial score (nSPS) is 15.7. The van der Waals surface area contributed by atoms with E-state index in [1.54, 1.807) is 4.90 Å². The number of nitrogens with two attached hydrogens (primary N) is 1. The molecule has 8 heteroatoms. The summed E-state index contributed by atoms with van der Waals surface area (Å²) < 4.78 is 26.1. The highest BCUT2D eigenvalue weighted by Gasteiger charge is 2.26. The topological polar surface area (TPSA) is 110 Å². The van der Waals surface area contributed by atoms with Crippen molar-refractivity contribution in [2.24, 2.45) is 11.7 Å². The zero-order valence-electron chi connectivity index (χ0n) is 13.1. The van der Waals surface area contributed by atoms with Crippen LogP contribution in [0.3, 0.4) is 0 Å². The predicted molar refractivity (Wildman–Crippen MR) is 88.3 cm³/mol. The molecule has 0 aliphatic carbocycles. The number of carbonyl (C=O) groups excluding carboxylic acids is 2. The Hall–Kier alpha value is -2.37. The van der Waals surface area contributed by atoms with Gasteiger partial charge in [-0.2, -0.15) is 4.72 Å². The van der Waals surface area contributed by atoms with E-state index in [0.29, 0.717) is 31.5 Å². The standard InChI is InChI=1S/C16H19N3O4S/c1-2-9-18-24(22,23)14-5-3-13(4-6-14)16(21)19-10-7-12(8-11-19)15(17)20/h1,3-6,12,18H,7-11H2,(H2,17,20). The summed E-state index contributed by atoms with van der Waals surface area (Å²) >= 11 is 0. The molecule has 0 aromatic heterocycles. The van der Waals surface area contributed by atoms with Gasteiger partial charge in [0.05, 0.1) is 11.4 Å². The summed E-state index contributed by atoms with van der Waals surface area (Å²) in [7, 11) is -3.68. The molecule has 128 valence electrons. The monoisotopic (exact) mass is 349 g/mol. The second-order valence-corrected chi connectivity index (χ2v) is 7.29. The van der Waals surface area contributed by atoms with Gasteiger partial charge in [0, 0.05) is 24.6 Å². The fourth-order valence-electron chi connectivity index (χ4n) is 2.55. The minimum Gasteiger partial charge on any atom is -0.369 e. The van der Waals surface area contributed by atoms with Crippen LogP contribution >= 0.6 is 0 Å². The lowest BCUT2D eigenvalue weighted by Gasteiger charge is -2.30. The van der Waals surface area contributed by atoms with Gasteiger partial charge in [-0.05, 0) is 37.1 Å². The van der Waals surface area contributed by atoms with Crippen molar-refractivity contribution in [2.75, 3.05) is 19.6 Å². The molecule has 0 saturated carbocycles. The molecular formula is C16H19N3O4S. The van der Waals surface area contributed by atoms with Crippen molar-refractivity contribution in [3.8, 4) is 12.3 Å². The Morgan fingerprint density at radius 1 is 1.25 bits per heavy atom. The molecule has 0 unspecified atom stereocenters. The van der Waals surface area contributed by atoms with Crippen molar-refractivity contribution in [3.05, 3.63) is 29.8 Å². The van der Waals surface area contributed by atoms with Gasteiger partial charge in [-0.15, -0.1) is 6.42 Å². The van der Waals surface area contributed by atoms with Gasteiger partial charge in [0.25, 0.3) is 5.91 Å². The van der Waals surface area contributed by atoms with Crippen molar-refractivity contribution in [3.63, 3.8) is 0 Å². The van der Waals surface area contributed by atoms with E-state index in [1.165, 1.54) is 24.3 Å². The molecular weight excluding hydrogens is 330 g/mol. The Balaban J connectivity index is 2.05. The average Bonchev–Trinajstić information content (AvgIpc) is 2.59. The number of likely N-dealkylation sites (tertiary alicyclic amines) is 1. The fraction of sp³-hybridized carbons (Fsp3) is 0.375. The number of primary amides is 1. The molecule has 0 spiro atoms. The van der Waals surface area contributed by atoms with Crippen LogP contribution in [-0.2, 0) is 14.8 Å². The zero-order chi connectivity index (χ0) is 17.7. The molecule has 1 heterocycles. The summed E-state index contributed by atoms with van der Waals surface area (Å²) in [5.74, 6) is 1.47. The van der Waals surface area contributed by atoms with Crippen LogP contribution < -0.4 is 10.5 Å². The minimum absolute atomic E-state index is 0.0433. The molecule has 2 amide bonds. The molecule has 7 nitrogen and oxygen atoms in total. The first-order chi connectivity index (χ1) is 11.3. The summed E-state index contributed by atoms with van der Waals surface area (Å²) in [5, 5.41) is 0. The van der Waals surface area contributed by atoms with Crippen LogP contribution in [0.1, 0.15) is 23.2 Å². The molecule has 0 radical (unpaired) electrons. The highest BCUT2D eigenvalue weighted by Crippen LogP contribution is 2.19. The number of nitrogens with one attached hydrogen (secondary N) is 1. The van der Waals surface area contributed by atoms with E-state index in [9.17, 15) is 18.0 Å². The lowest BCUT2D eigenvalue weighted by atomic mass is 9.96. The number of hydrogen-bond donors (Lipinski definition) is 2. The van der Waals surface area contributed by atoms with Gasteiger partial charge >= 0.3 is 0 Å². The summed E-state index contributed by atoms with van der Waals surface area (Å²) in [4.78, 5) is 25.3. The third-order valence-corrected chi connectivity index (χ3v) is 5.38. The molecule has 1 aromatic rings. The largest absolute Gasteiger partial charge is 0.369 e. The summed E-state index contributed by atoms with van der Waals surface area (Å²) in [5.41, 5.74) is 5.67. The van der Waals surface area contributed by atoms with E-state index in [2.05, 4.69) is 10.6 Å².